The zero-order valence-electron chi connectivity index (χ0n) is 15.7. The summed E-state index contributed by atoms with van der Waals surface area (Å²) in [6.07, 6.45) is 0.591. The van der Waals surface area contributed by atoms with Crippen molar-refractivity contribution in [3.8, 4) is 0 Å². The van der Waals surface area contributed by atoms with Crippen LogP contribution in [0.5, 0.6) is 0 Å². The molecule has 1 saturated heterocycles. The van der Waals surface area contributed by atoms with E-state index in [0.717, 1.165) is 0 Å². The van der Waals surface area contributed by atoms with Crippen molar-refractivity contribution < 1.29 is 28.6 Å². The van der Waals surface area contributed by atoms with Gasteiger partial charge in [-0.1, -0.05) is 12.1 Å². The second-order valence-electron chi connectivity index (χ2n) is 6.60. The second-order valence-corrected chi connectivity index (χ2v) is 6.60. The summed E-state index contributed by atoms with van der Waals surface area (Å²) in [6.45, 7) is 2.23. The van der Waals surface area contributed by atoms with E-state index in [1.54, 1.807) is 17.0 Å². The highest BCUT2D eigenvalue weighted by atomic mass is 19.1. The van der Waals surface area contributed by atoms with Crippen LogP contribution in [-0.4, -0.2) is 67.3 Å². The van der Waals surface area contributed by atoms with Crippen LogP contribution in [0.25, 0.3) is 0 Å². The average molecular weight is 395 g/mol. The number of carbonyl (C=O) groups excluding carboxylic acids is 2. The zero-order chi connectivity index (χ0) is 20.4. The molecule has 0 aliphatic carbocycles. The molecule has 154 valence electrons. The predicted octanol–water partition coefficient (Wildman–Crippen LogP) is 1.01. The highest BCUT2D eigenvalue weighted by Crippen LogP contribution is 2.14. The molecule has 0 spiro atoms. The normalized spacial score (nSPS) is 15.0. The fraction of sp³-hybridized carbons (Fsp3) is 0.526. The number of amides is 3. The molecule has 1 aliphatic heterocycles. The molecule has 1 heterocycles. The molecule has 1 atom stereocenters. The summed E-state index contributed by atoms with van der Waals surface area (Å²) in [7, 11) is 0. The van der Waals surface area contributed by atoms with E-state index in [1.807, 2.05) is 0 Å². The molecule has 3 N–H and O–H groups in total. The zero-order valence-corrected chi connectivity index (χ0v) is 15.7. The van der Waals surface area contributed by atoms with Gasteiger partial charge in [0.15, 0.2) is 0 Å². The number of nitrogens with zero attached hydrogens (tertiary/aromatic N) is 1. The summed E-state index contributed by atoms with van der Waals surface area (Å²) in [5.74, 6) is -1.95. The van der Waals surface area contributed by atoms with Crippen LogP contribution in [0, 0.1) is 11.7 Å². The minimum Gasteiger partial charge on any atom is -0.481 e. The van der Waals surface area contributed by atoms with E-state index >= 15 is 0 Å². The van der Waals surface area contributed by atoms with Crippen molar-refractivity contribution in [3.05, 3.63) is 35.6 Å². The Labute approximate surface area is 163 Å². The molecule has 1 aromatic rings. The highest BCUT2D eigenvalue weighted by molar-refractivity contribution is 5.81. The van der Waals surface area contributed by atoms with Gasteiger partial charge in [-0.3, -0.25) is 9.59 Å². The Bertz CT molecular complexity index is 679. The number of hydrogen-bond donors (Lipinski definition) is 3. The third-order valence-electron chi connectivity index (χ3n) is 4.41. The van der Waals surface area contributed by atoms with Crippen LogP contribution in [0.2, 0.25) is 0 Å². The van der Waals surface area contributed by atoms with Crippen molar-refractivity contribution >= 4 is 17.9 Å². The molecule has 0 aromatic heterocycles. The number of nitrogens with one attached hydrogen (secondary N) is 2. The molecule has 1 fully saturated rings. The quantitative estimate of drug-likeness (QED) is 0.541. The van der Waals surface area contributed by atoms with Crippen molar-refractivity contribution in [2.75, 3.05) is 39.4 Å². The van der Waals surface area contributed by atoms with Gasteiger partial charge in [0.1, 0.15) is 5.82 Å². The van der Waals surface area contributed by atoms with Crippen molar-refractivity contribution in [2.45, 2.75) is 19.3 Å². The molecule has 1 aromatic carbocycles. The first kappa shape index (κ1) is 21.6. The monoisotopic (exact) mass is 395 g/mol. The lowest BCUT2D eigenvalue weighted by molar-refractivity contribution is -0.139. The third-order valence-corrected chi connectivity index (χ3v) is 4.41. The summed E-state index contributed by atoms with van der Waals surface area (Å²) < 4.78 is 18.8. The Morgan fingerprint density at radius 1 is 1.21 bits per heavy atom. The highest BCUT2D eigenvalue weighted by Gasteiger charge is 2.26. The maximum Gasteiger partial charge on any atom is 0.314 e. The van der Waals surface area contributed by atoms with Crippen LogP contribution < -0.4 is 10.6 Å². The van der Waals surface area contributed by atoms with Gasteiger partial charge in [-0.25, -0.2) is 9.18 Å². The first-order valence-corrected chi connectivity index (χ1v) is 9.30. The first-order chi connectivity index (χ1) is 13.5. The largest absolute Gasteiger partial charge is 0.481 e. The number of rotatable bonds is 9. The lowest BCUT2D eigenvalue weighted by atomic mass is 9.97. The number of benzene rings is 1. The number of ether oxygens (including phenoxy) is 1. The van der Waals surface area contributed by atoms with E-state index in [2.05, 4.69) is 10.6 Å². The molecular weight excluding hydrogens is 369 g/mol. The van der Waals surface area contributed by atoms with Gasteiger partial charge >= 0.3 is 12.0 Å². The van der Waals surface area contributed by atoms with Crippen molar-refractivity contribution in [3.63, 3.8) is 0 Å². The Morgan fingerprint density at radius 2 is 1.96 bits per heavy atom. The van der Waals surface area contributed by atoms with Gasteiger partial charge in [-0.15, -0.1) is 0 Å². The molecule has 2 rings (SSSR count). The van der Waals surface area contributed by atoms with E-state index in [0.29, 0.717) is 44.7 Å². The summed E-state index contributed by atoms with van der Waals surface area (Å²) in [4.78, 5) is 37.0. The van der Waals surface area contributed by atoms with Gasteiger partial charge < -0.3 is 25.4 Å². The maximum atomic E-state index is 13.5. The topological polar surface area (TPSA) is 108 Å². The second kappa shape index (κ2) is 11.2. The Balaban J connectivity index is 1.92. The molecule has 0 bridgehead atoms. The third kappa shape index (κ3) is 7.51. The Hall–Kier alpha value is -2.68. The Morgan fingerprint density at radius 3 is 2.64 bits per heavy atom. The first-order valence-electron chi connectivity index (χ1n) is 9.30. The average Bonchev–Trinajstić information content (AvgIpc) is 2.68. The van der Waals surface area contributed by atoms with Gasteiger partial charge in [-0.2, -0.15) is 0 Å². The number of carboxylic acids is 1. The molecule has 28 heavy (non-hydrogen) atoms. The molecule has 1 unspecified atom stereocenters. The number of carbonyl (C=O) groups is 3. The summed E-state index contributed by atoms with van der Waals surface area (Å²) in [5, 5.41) is 13.8. The van der Waals surface area contributed by atoms with Gasteiger partial charge in [-0.05, 0) is 30.5 Å². The number of halogens is 1. The van der Waals surface area contributed by atoms with Crippen molar-refractivity contribution in [1.82, 2.24) is 15.5 Å². The summed E-state index contributed by atoms with van der Waals surface area (Å²) in [6, 6.07) is 5.58. The predicted molar refractivity (Wildman–Crippen MR) is 99.3 cm³/mol. The van der Waals surface area contributed by atoms with Gasteiger partial charge in [0.2, 0.25) is 5.91 Å². The lowest BCUT2D eigenvalue weighted by Gasteiger charge is -2.30. The molecule has 9 heteroatoms. The number of morpholine rings is 1. The standard InChI is InChI=1S/C19H26FN3O5/c20-16-4-1-3-14(12-16)11-15(18(26)23-7-9-28-10-8-23)13-22-19(27)21-6-2-5-17(24)25/h1,3-4,12,15H,2,5-11,13H2,(H,24,25)(H2,21,22,27). The van der Waals surface area contributed by atoms with E-state index in [1.165, 1.54) is 12.1 Å². The van der Waals surface area contributed by atoms with E-state index < -0.39 is 17.9 Å². The summed E-state index contributed by atoms with van der Waals surface area (Å²) >= 11 is 0. The molecular formula is C19H26FN3O5. The van der Waals surface area contributed by atoms with Crippen LogP contribution in [0.15, 0.2) is 24.3 Å². The smallest absolute Gasteiger partial charge is 0.314 e. The van der Waals surface area contributed by atoms with Crippen LogP contribution >= 0.6 is 0 Å². The minimum absolute atomic E-state index is 0.0298. The Kier molecular flexibility index (Phi) is 8.67. The van der Waals surface area contributed by atoms with Crippen LogP contribution in [-0.2, 0) is 20.7 Å². The molecule has 0 radical (unpaired) electrons. The number of urea groups is 1. The van der Waals surface area contributed by atoms with E-state index in [4.69, 9.17) is 9.84 Å². The molecule has 8 nitrogen and oxygen atoms in total. The van der Waals surface area contributed by atoms with Crippen LogP contribution in [0.4, 0.5) is 9.18 Å². The molecule has 0 saturated carbocycles. The maximum absolute atomic E-state index is 13.5. The van der Waals surface area contributed by atoms with E-state index in [9.17, 15) is 18.8 Å². The molecule has 1 aliphatic rings. The van der Waals surface area contributed by atoms with Crippen molar-refractivity contribution in [1.29, 1.82) is 0 Å². The summed E-state index contributed by atoms with van der Waals surface area (Å²) in [5.41, 5.74) is 0.676. The van der Waals surface area contributed by atoms with Crippen LogP contribution in [0.1, 0.15) is 18.4 Å². The van der Waals surface area contributed by atoms with Crippen molar-refractivity contribution in [2.24, 2.45) is 5.92 Å². The van der Waals surface area contributed by atoms with Gasteiger partial charge in [0.05, 0.1) is 19.1 Å². The minimum atomic E-state index is -0.923. The lowest BCUT2D eigenvalue weighted by Crippen LogP contribution is -2.48. The fourth-order valence-electron chi connectivity index (χ4n) is 2.96. The SMILES string of the molecule is O=C(O)CCCNC(=O)NCC(Cc1cccc(F)c1)C(=O)N1CCOCC1. The van der Waals surface area contributed by atoms with Gasteiger partial charge in [0.25, 0.3) is 0 Å². The van der Waals surface area contributed by atoms with Gasteiger partial charge in [0, 0.05) is 32.6 Å². The molecule has 3 amide bonds. The van der Waals surface area contributed by atoms with Crippen LogP contribution in [0.3, 0.4) is 0 Å². The van der Waals surface area contributed by atoms with E-state index in [-0.39, 0.29) is 31.2 Å². The number of carboxylic acid groups (broad SMARTS) is 1. The number of aliphatic carboxylic acids is 1. The fourth-order valence-corrected chi connectivity index (χ4v) is 2.96. The number of hydrogen-bond acceptors (Lipinski definition) is 4.